The minimum atomic E-state index is -1.06. The molecule has 21 heavy (non-hydrogen) atoms. The number of piperazine rings is 1. The predicted molar refractivity (Wildman–Crippen MR) is 77.0 cm³/mol. The number of carboxylic acids is 1. The van der Waals surface area contributed by atoms with Gasteiger partial charge in [0.25, 0.3) is 0 Å². The molecule has 1 aliphatic heterocycles. The highest BCUT2D eigenvalue weighted by Gasteiger charge is 2.24. The Morgan fingerprint density at radius 3 is 3.00 bits per heavy atom. The van der Waals surface area contributed by atoms with Crippen LogP contribution < -0.4 is 5.32 Å². The van der Waals surface area contributed by atoms with Crippen LogP contribution in [0.4, 0.5) is 4.39 Å². The van der Waals surface area contributed by atoms with E-state index in [0.29, 0.717) is 28.7 Å². The molecule has 3 rings (SSSR count). The maximum absolute atomic E-state index is 14.1. The Hall–Kier alpha value is -1.99. The molecule has 1 aliphatic rings. The van der Waals surface area contributed by atoms with Crippen LogP contribution in [0, 0.1) is 5.82 Å². The summed E-state index contributed by atoms with van der Waals surface area (Å²) in [5.41, 5.74) is 0.454. The molecule has 1 aromatic carbocycles. The number of halogens is 1. The molecular formula is C14H13FN2O3S. The van der Waals surface area contributed by atoms with Crippen LogP contribution in [0.3, 0.4) is 0 Å². The molecule has 0 unspecified atom stereocenters. The van der Waals surface area contributed by atoms with Crippen LogP contribution in [0.2, 0.25) is 0 Å². The van der Waals surface area contributed by atoms with Crippen LogP contribution >= 0.6 is 11.3 Å². The molecule has 1 fully saturated rings. The lowest BCUT2D eigenvalue weighted by Crippen LogP contribution is -2.47. The van der Waals surface area contributed by atoms with E-state index < -0.39 is 11.8 Å². The van der Waals surface area contributed by atoms with Crippen molar-refractivity contribution in [1.29, 1.82) is 0 Å². The summed E-state index contributed by atoms with van der Waals surface area (Å²) in [6, 6.07) is 4.60. The summed E-state index contributed by atoms with van der Waals surface area (Å²) in [4.78, 5) is 24.8. The second kappa shape index (κ2) is 5.42. The van der Waals surface area contributed by atoms with Crippen LogP contribution in [0.5, 0.6) is 0 Å². The highest BCUT2D eigenvalue weighted by molar-refractivity contribution is 7.21. The Morgan fingerprint density at radius 1 is 1.48 bits per heavy atom. The number of fused-ring (bicyclic) bond motifs is 1. The first-order valence-electron chi connectivity index (χ1n) is 6.48. The SMILES string of the molecule is O=C1CN(Cc2c(C(=O)O)sc3cccc(F)c23)CCN1. The van der Waals surface area contributed by atoms with Crippen molar-refractivity contribution < 1.29 is 19.1 Å². The van der Waals surface area contributed by atoms with E-state index in [4.69, 9.17) is 0 Å². The van der Waals surface area contributed by atoms with Gasteiger partial charge in [-0.15, -0.1) is 11.3 Å². The van der Waals surface area contributed by atoms with Crippen molar-refractivity contribution >= 4 is 33.3 Å². The molecule has 110 valence electrons. The highest BCUT2D eigenvalue weighted by Crippen LogP contribution is 2.34. The lowest BCUT2D eigenvalue weighted by Gasteiger charge is -2.26. The third kappa shape index (κ3) is 2.62. The summed E-state index contributed by atoms with van der Waals surface area (Å²) in [5, 5.41) is 12.4. The van der Waals surface area contributed by atoms with Gasteiger partial charge in [0.1, 0.15) is 10.7 Å². The Morgan fingerprint density at radius 2 is 2.29 bits per heavy atom. The Kier molecular flexibility index (Phi) is 3.60. The molecule has 0 aliphatic carbocycles. The molecule has 1 saturated heterocycles. The van der Waals surface area contributed by atoms with E-state index in [1.165, 1.54) is 6.07 Å². The number of carbonyl (C=O) groups is 2. The molecule has 1 aromatic heterocycles. The number of nitrogens with zero attached hydrogens (tertiary/aromatic N) is 1. The van der Waals surface area contributed by atoms with Gasteiger partial charge in [-0.2, -0.15) is 0 Å². The number of hydrogen-bond acceptors (Lipinski definition) is 4. The van der Waals surface area contributed by atoms with E-state index in [2.05, 4.69) is 5.32 Å². The van der Waals surface area contributed by atoms with E-state index in [9.17, 15) is 19.1 Å². The fourth-order valence-electron chi connectivity index (χ4n) is 2.54. The smallest absolute Gasteiger partial charge is 0.346 e. The van der Waals surface area contributed by atoms with E-state index in [-0.39, 0.29) is 23.9 Å². The molecule has 0 radical (unpaired) electrons. The van der Waals surface area contributed by atoms with Gasteiger partial charge in [-0.05, 0) is 12.1 Å². The number of carboxylic acid groups (broad SMARTS) is 1. The number of nitrogens with one attached hydrogen (secondary N) is 1. The molecule has 2 heterocycles. The zero-order chi connectivity index (χ0) is 15.0. The van der Waals surface area contributed by atoms with Crippen LogP contribution in [-0.4, -0.2) is 41.5 Å². The van der Waals surface area contributed by atoms with Gasteiger partial charge >= 0.3 is 5.97 Å². The number of aromatic carboxylic acids is 1. The van der Waals surface area contributed by atoms with Gasteiger partial charge in [-0.3, -0.25) is 9.69 Å². The quantitative estimate of drug-likeness (QED) is 0.905. The average Bonchev–Trinajstić information content (AvgIpc) is 2.79. The summed E-state index contributed by atoms with van der Waals surface area (Å²) in [6.07, 6.45) is 0. The first-order chi connectivity index (χ1) is 10.1. The molecule has 7 heteroatoms. The Bertz CT molecular complexity index is 728. The van der Waals surface area contributed by atoms with Crippen molar-refractivity contribution in [1.82, 2.24) is 10.2 Å². The third-order valence-corrected chi connectivity index (χ3v) is 4.64. The first-order valence-corrected chi connectivity index (χ1v) is 7.30. The topological polar surface area (TPSA) is 69.6 Å². The molecule has 2 N–H and O–H groups in total. The van der Waals surface area contributed by atoms with Gasteiger partial charge in [-0.25, -0.2) is 9.18 Å². The van der Waals surface area contributed by atoms with Gasteiger partial charge in [-0.1, -0.05) is 6.07 Å². The zero-order valence-corrected chi connectivity index (χ0v) is 11.9. The van der Waals surface area contributed by atoms with Crippen molar-refractivity contribution in [3.05, 3.63) is 34.5 Å². The second-order valence-electron chi connectivity index (χ2n) is 4.89. The van der Waals surface area contributed by atoms with E-state index in [1.54, 1.807) is 12.1 Å². The number of thiophene rings is 1. The zero-order valence-electron chi connectivity index (χ0n) is 11.1. The van der Waals surface area contributed by atoms with Crippen molar-refractivity contribution in [2.75, 3.05) is 19.6 Å². The summed E-state index contributed by atoms with van der Waals surface area (Å²) in [6.45, 7) is 1.60. The van der Waals surface area contributed by atoms with Gasteiger partial charge in [0.15, 0.2) is 0 Å². The molecule has 2 aromatic rings. The van der Waals surface area contributed by atoms with Crippen LogP contribution in [0.15, 0.2) is 18.2 Å². The fraction of sp³-hybridized carbons (Fsp3) is 0.286. The lowest BCUT2D eigenvalue weighted by atomic mass is 10.1. The van der Waals surface area contributed by atoms with E-state index >= 15 is 0 Å². The molecule has 1 amide bonds. The molecular weight excluding hydrogens is 295 g/mol. The standard InChI is InChI=1S/C14H13FN2O3S/c15-9-2-1-3-10-12(9)8(13(21-10)14(19)20)6-17-5-4-16-11(18)7-17/h1-3H,4-7H2,(H,16,18)(H,19,20). The van der Waals surface area contributed by atoms with Gasteiger partial charge in [0.05, 0.1) is 6.54 Å². The van der Waals surface area contributed by atoms with Crippen LogP contribution in [0.25, 0.3) is 10.1 Å². The fourth-order valence-corrected chi connectivity index (χ4v) is 3.61. The molecule has 0 bridgehead atoms. The minimum Gasteiger partial charge on any atom is -0.477 e. The molecule has 0 spiro atoms. The number of benzene rings is 1. The summed E-state index contributed by atoms with van der Waals surface area (Å²) in [5.74, 6) is -1.59. The summed E-state index contributed by atoms with van der Waals surface area (Å²) in [7, 11) is 0. The predicted octanol–water partition coefficient (Wildman–Crippen LogP) is 1.67. The monoisotopic (exact) mass is 308 g/mol. The average molecular weight is 308 g/mol. The number of rotatable bonds is 3. The van der Waals surface area contributed by atoms with Crippen molar-refractivity contribution in [2.45, 2.75) is 6.54 Å². The maximum atomic E-state index is 14.1. The van der Waals surface area contributed by atoms with Crippen molar-refractivity contribution in [3.8, 4) is 0 Å². The van der Waals surface area contributed by atoms with Gasteiger partial charge in [0.2, 0.25) is 5.91 Å². The second-order valence-corrected chi connectivity index (χ2v) is 5.94. The maximum Gasteiger partial charge on any atom is 0.346 e. The number of carbonyl (C=O) groups excluding carboxylic acids is 1. The normalized spacial score (nSPS) is 16.1. The highest BCUT2D eigenvalue weighted by atomic mass is 32.1. The van der Waals surface area contributed by atoms with Crippen molar-refractivity contribution in [3.63, 3.8) is 0 Å². The Labute approximate surface area is 124 Å². The van der Waals surface area contributed by atoms with Gasteiger partial charge < -0.3 is 10.4 Å². The van der Waals surface area contributed by atoms with Gasteiger partial charge in [0, 0.05) is 35.3 Å². The van der Waals surface area contributed by atoms with Crippen LogP contribution in [0.1, 0.15) is 15.2 Å². The molecule has 0 atom stereocenters. The minimum absolute atomic E-state index is 0.0990. The molecule has 0 saturated carbocycles. The lowest BCUT2D eigenvalue weighted by molar-refractivity contribution is -0.124. The Balaban J connectivity index is 2.04. The first kappa shape index (κ1) is 14.0. The number of hydrogen-bond donors (Lipinski definition) is 2. The van der Waals surface area contributed by atoms with E-state index in [0.717, 1.165) is 11.3 Å². The van der Waals surface area contributed by atoms with Crippen molar-refractivity contribution in [2.24, 2.45) is 0 Å². The molecule has 5 nitrogen and oxygen atoms in total. The number of amides is 1. The third-order valence-electron chi connectivity index (χ3n) is 3.46. The largest absolute Gasteiger partial charge is 0.477 e. The summed E-state index contributed by atoms with van der Waals surface area (Å²) < 4.78 is 14.7. The summed E-state index contributed by atoms with van der Waals surface area (Å²) >= 11 is 1.07. The van der Waals surface area contributed by atoms with E-state index in [1.807, 2.05) is 4.90 Å². The van der Waals surface area contributed by atoms with Crippen LogP contribution in [-0.2, 0) is 11.3 Å².